The van der Waals surface area contributed by atoms with Gasteiger partial charge in [0.1, 0.15) is 0 Å². The number of halogens is 1. The summed E-state index contributed by atoms with van der Waals surface area (Å²) in [7, 11) is 0. The van der Waals surface area contributed by atoms with Gasteiger partial charge in [-0.2, -0.15) is 5.10 Å². The van der Waals surface area contributed by atoms with E-state index in [4.69, 9.17) is 0 Å². The van der Waals surface area contributed by atoms with Crippen molar-refractivity contribution in [1.29, 1.82) is 0 Å². The van der Waals surface area contributed by atoms with Crippen LogP contribution in [-0.4, -0.2) is 34.8 Å². The summed E-state index contributed by atoms with van der Waals surface area (Å²) < 4.78 is 1.79. The van der Waals surface area contributed by atoms with Crippen molar-refractivity contribution in [3.63, 3.8) is 0 Å². The van der Waals surface area contributed by atoms with Crippen LogP contribution in [0.1, 0.15) is 18.4 Å². The van der Waals surface area contributed by atoms with Gasteiger partial charge in [0.05, 0.1) is 18.3 Å². The highest BCUT2D eigenvalue weighted by Gasteiger charge is 2.15. The third-order valence-electron chi connectivity index (χ3n) is 3.73. The van der Waals surface area contributed by atoms with E-state index in [1.165, 1.54) is 6.42 Å². The molecule has 118 valence electrons. The molecular formula is C16H21ClN4O. The van der Waals surface area contributed by atoms with Gasteiger partial charge in [0.15, 0.2) is 0 Å². The second-order valence-corrected chi connectivity index (χ2v) is 5.40. The Balaban J connectivity index is 0.00000176. The zero-order valence-corrected chi connectivity index (χ0v) is 13.2. The molecule has 5 nitrogen and oxygen atoms in total. The Morgan fingerprint density at radius 1 is 1.36 bits per heavy atom. The summed E-state index contributed by atoms with van der Waals surface area (Å²) in [6, 6.07) is 10.3. The molecule has 1 atom stereocenters. The number of para-hydroxylation sites is 1. The summed E-state index contributed by atoms with van der Waals surface area (Å²) in [6.07, 6.45) is 6.37. The highest BCUT2D eigenvalue weighted by molar-refractivity contribution is 5.85. The van der Waals surface area contributed by atoms with E-state index in [0.717, 1.165) is 24.2 Å². The van der Waals surface area contributed by atoms with Gasteiger partial charge < -0.3 is 10.6 Å². The zero-order chi connectivity index (χ0) is 14.5. The molecule has 1 aliphatic heterocycles. The van der Waals surface area contributed by atoms with Gasteiger partial charge in [0, 0.05) is 18.8 Å². The summed E-state index contributed by atoms with van der Waals surface area (Å²) in [6.45, 7) is 1.77. The van der Waals surface area contributed by atoms with Crippen LogP contribution in [0.25, 0.3) is 5.69 Å². The van der Waals surface area contributed by atoms with Crippen LogP contribution in [0.2, 0.25) is 0 Å². The normalized spacial score (nSPS) is 17.0. The second kappa shape index (κ2) is 7.96. The number of rotatable bonds is 5. The quantitative estimate of drug-likeness (QED) is 0.881. The van der Waals surface area contributed by atoms with Crippen LogP contribution < -0.4 is 10.6 Å². The first kappa shape index (κ1) is 16.5. The van der Waals surface area contributed by atoms with E-state index in [-0.39, 0.29) is 18.3 Å². The lowest BCUT2D eigenvalue weighted by molar-refractivity contribution is -0.120. The first-order chi connectivity index (χ1) is 10.3. The highest BCUT2D eigenvalue weighted by atomic mass is 35.5. The number of carbonyl (C=O) groups is 1. The lowest BCUT2D eigenvalue weighted by Gasteiger charge is -2.10. The van der Waals surface area contributed by atoms with Gasteiger partial charge >= 0.3 is 0 Å². The smallest absolute Gasteiger partial charge is 0.224 e. The molecule has 6 heteroatoms. The topological polar surface area (TPSA) is 59.0 Å². The lowest BCUT2D eigenvalue weighted by atomic mass is 10.2. The Morgan fingerprint density at radius 3 is 2.91 bits per heavy atom. The van der Waals surface area contributed by atoms with Crippen molar-refractivity contribution in [1.82, 2.24) is 20.4 Å². The van der Waals surface area contributed by atoms with E-state index in [9.17, 15) is 4.79 Å². The van der Waals surface area contributed by atoms with E-state index in [0.29, 0.717) is 19.0 Å². The summed E-state index contributed by atoms with van der Waals surface area (Å²) in [5.74, 6) is 0.0521. The number of nitrogens with one attached hydrogen (secondary N) is 2. The molecule has 0 spiro atoms. The van der Waals surface area contributed by atoms with Crippen LogP contribution in [0.3, 0.4) is 0 Å². The molecular weight excluding hydrogens is 300 g/mol. The van der Waals surface area contributed by atoms with E-state index in [1.807, 2.05) is 36.5 Å². The molecule has 1 unspecified atom stereocenters. The number of nitrogens with zero attached hydrogens (tertiary/aromatic N) is 2. The maximum absolute atomic E-state index is 11.9. The molecule has 1 saturated heterocycles. The molecule has 2 heterocycles. The predicted molar refractivity (Wildman–Crippen MR) is 88.6 cm³/mol. The van der Waals surface area contributed by atoms with Crippen molar-refractivity contribution in [3.8, 4) is 5.69 Å². The van der Waals surface area contributed by atoms with Crippen molar-refractivity contribution in [3.05, 3.63) is 48.3 Å². The highest BCUT2D eigenvalue weighted by Crippen LogP contribution is 2.08. The number of aromatic nitrogens is 2. The molecule has 2 N–H and O–H groups in total. The van der Waals surface area contributed by atoms with Crippen LogP contribution in [0, 0.1) is 0 Å². The van der Waals surface area contributed by atoms with Crippen LogP contribution in [0.5, 0.6) is 0 Å². The van der Waals surface area contributed by atoms with Crippen LogP contribution in [0.15, 0.2) is 42.7 Å². The minimum atomic E-state index is 0. The number of amides is 1. The lowest BCUT2D eigenvalue weighted by Crippen LogP contribution is -2.37. The molecule has 3 rings (SSSR count). The Kier molecular flexibility index (Phi) is 5.98. The van der Waals surface area contributed by atoms with Gasteiger partial charge in [-0.05, 0) is 37.1 Å². The Bertz CT molecular complexity index is 593. The summed E-state index contributed by atoms with van der Waals surface area (Å²) >= 11 is 0. The van der Waals surface area contributed by atoms with Crippen molar-refractivity contribution in [2.75, 3.05) is 13.1 Å². The largest absolute Gasteiger partial charge is 0.354 e. The van der Waals surface area contributed by atoms with E-state index in [2.05, 4.69) is 15.7 Å². The Morgan fingerprint density at radius 2 is 2.18 bits per heavy atom. The molecule has 1 aromatic carbocycles. The molecule has 0 bridgehead atoms. The minimum Gasteiger partial charge on any atom is -0.354 e. The van der Waals surface area contributed by atoms with E-state index < -0.39 is 0 Å². The Labute approximate surface area is 136 Å². The van der Waals surface area contributed by atoms with Crippen molar-refractivity contribution >= 4 is 18.3 Å². The third-order valence-corrected chi connectivity index (χ3v) is 3.73. The zero-order valence-electron chi connectivity index (χ0n) is 12.4. The molecule has 2 aromatic rings. The fraction of sp³-hybridized carbons (Fsp3) is 0.375. The summed E-state index contributed by atoms with van der Waals surface area (Å²) in [4.78, 5) is 11.9. The Hall–Kier alpha value is -1.85. The van der Waals surface area contributed by atoms with Crippen LogP contribution >= 0.6 is 12.4 Å². The van der Waals surface area contributed by atoms with Crippen molar-refractivity contribution in [2.45, 2.75) is 25.3 Å². The number of hydrogen-bond donors (Lipinski definition) is 2. The summed E-state index contributed by atoms with van der Waals surface area (Å²) in [5, 5.41) is 10.7. The van der Waals surface area contributed by atoms with Crippen LogP contribution in [0.4, 0.5) is 0 Å². The fourth-order valence-corrected chi connectivity index (χ4v) is 2.59. The minimum absolute atomic E-state index is 0. The third kappa shape index (κ3) is 4.32. The maximum Gasteiger partial charge on any atom is 0.224 e. The molecule has 22 heavy (non-hydrogen) atoms. The monoisotopic (exact) mass is 320 g/mol. The van der Waals surface area contributed by atoms with Crippen LogP contribution in [-0.2, 0) is 11.2 Å². The molecule has 1 aromatic heterocycles. The SMILES string of the molecule is Cl.O=C(Cc1cnn(-c2ccccc2)c1)NCC1CCCN1. The maximum atomic E-state index is 11.9. The first-order valence-electron chi connectivity index (χ1n) is 7.40. The standard InChI is InChI=1S/C16H20N4O.ClH/c21-16(18-11-14-5-4-8-17-14)9-13-10-19-20(12-13)15-6-2-1-3-7-15;/h1-3,6-7,10,12,14,17H,4-5,8-9,11H2,(H,18,21);1H. The van der Waals surface area contributed by atoms with Crippen molar-refractivity contribution in [2.24, 2.45) is 0 Å². The molecule has 1 aliphatic rings. The van der Waals surface area contributed by atoms with Gasteiger partial charge in [-0.25, -0.2) is 4.68 Å². The molecule has 0 aliphatic carbocycles. The average molecular weight is 321 g/mol. The molecule has 1 amide bonds. The van der Waals surface area contributed by atoms with Gasteiger partial charge in [-0.3, -0.25) is 4.79 Å². The molecule has 0 saturated carbocycles. The molecule has 1 fully saturated rings. The number of hydrogen-bond acceptors (Lipinski definition) is 3. The summed E-state index contributed by atoms with van der Waals surface area (Å²) in [5.41, 5.74) is 1.93. The molecule has 0 radical (unpaired) electrons. The predicted octanol–water partition coefficient (Wildman–Crippen LogP) is 1.70. The van der Waals surface area contributed by atoms with Gasteiger partial charge in [-0.15, -0.1) is 12.4 Å². The average Bonchev–Trinajstić information content (AvgIpc) is 3.17. The van der Waals surface area contributed by atoms with E-state index >= 15 is 0 Å². The first-order valence-corrected chi connectivity index (χ1v) is 7.40. The van der Waals surface area contributed by atoms with E-state index in [1.54, 1.807) is 10.9 Å². The van der Waals surface area contributed by atoms with Gasteiger partial charge in [0.2, 0.25) is 5.91 Å². The van der Waals surface area contributed by atoms with Gasteiger partial charge in [-0.1, -0.05) is 18.2 Å². The second-order valence-electron chi connectivity index (χ2n) is 5.40. The number of carbonyl (C=O) groups excluding carboxylic acids is 1. The number of benzene rings is 1. The van der Waals surface area contributed by atoms with Gasteiger partial charge in [0.25, 0.3) is 0 Å². The van der Waals surface area contributed by atoms with Crippen molar-refractivity contribution < 1.29 is 4.79 Å². The fourth-order valence-electron chi connectivity index (χ4n) is 2.59.